The van der Waals surface area contributed by atoms with Gasteiger partial charge in [0.2, 0.25) is 11.8 Å². The minimum absolute atomic E-state index is 0.0433. The number of rotatable bonds is 8. The van der Waals surface area contributed by atoms with Gasteiger partial charge in [-0.1, -0.05) is 13.8 Å². The number of carbonyl (C=O) groups excluding carboxylic acids is 2. The van der Waals surface area contributed by atoms with Crippen LogP contribution in [0.25, 0.3) is 0 Å². The molecule has 0 fully saturated rings. The molecule has 17 heavy (non-hydrogen) atoms. The van der Waals surface area contributed by atoms with Crippen LogP contribution >= 0.6 is 0 Å². The van der Waals surface area contributed by atoms with Crippen molar-refractivity contribution in [3.05, 3.63) is 0 Å². The van der Waals surface area contributed by atoms with Crippen molar-refractivity contribution in [2.45, 2.75) is 32.9 Å². The lowest BCUT2D eigenvalue weighted by molar-refractivity contribution is -0.124. The molecule has 0 aliphatic rings. The molecular formula is C11H23N3O3. The van der Waals surface area contributed by atoms with Gasteiger partial charge in [-0.25, -0.2) is 0 Å². The first-order valence-electron chi connectivity index (χ1n) is 5.72. The SMILES string of the molecule is COCCNC(=O)C(C)NC(C(N)=O)C(C)C. The van der Waals surface area contributed by atoms with Crippen LogP contribution in [0, 0.1) is 5.92 Å². The van der Waals surface area contributed by atoms with Gasteiger partial charge >= 0.3 is 0 Å². The fourth-order valence-corrected chi connectivity index (χ4v) is 1.38. The molecule has 0 heterocycles. The molecular weight excluding hydrogens is 222 g/mol. The van der Waals surface area contributed by atoms with E-state index in [4.69, 9.17) is 10.5 Å². The van der Waals surface area contributed by atoms with E-state index in [2.05, 4.69) is 10.6 Å². The van der Waals surface area contributed by atoms with Crippen molar-refractivity contribution < 1.29 is 14.3 Å². The molecule has 0 aliphatic carbocycles. The van der Waals surface area contributed by atoms with Gasteiger partial charge in [0.1, 0.15) is 0 Å². The molecule has 0 saturated heterocycles. The first-order chi connectivity index (χ1) is 7.90. The molecule has 100 valence electrons. The molecule has 2 amide bonds. The van der Waals surface area contributed by atoms with Crippen LogP contribution in [-0.2, 0) is 14.3 Å². The Labute approximate surface area is 102 Å². The average molecular weight is 245 g/mol. The number of carbonyl (C=O) groups is 2. The molecule has 6 heteroatoms. The van der Waals surface area contributed by atoms with Gasteiger partial charge in [0.25, 0.3) is 0 Å². The van der Waals surface area contributed by atoms with Gasteiger partial charge in [-0.2, -0.15) is 0 Å². The second-order valence-electron chi connectivity index (χ2n) is 4.30. The minimum Gasteiger partial charge on any atom is -0.383 e. The molecule has 0 radical (unpaired) electrons. The van der Waals surface area contributed by atoms with E-state index in [1.165, 1.54) is 0 Å². The van der Waals surface area contributed by atoms with Crippen LogP contribution in [0.2, 0.25) is 0 Å². The number of primary amides is 1. The summed E-state index contributed by atoms with van der Waals surface area (Å²) in [5, 5.41) is 5.60. The van der Waals surface area contributed by atoms with E-state index >= 15 is 0 Å². The van der Waals surface area contributed by atoms with Crippen molar-refractivity contribution in [3.63, 3.8) is 0 Å². The van der Waals surface area contributed by atoms with E-state index in [9.17, 15) is 9.59 Å². The van der Waals surface area contributed by atoms with Crippen molar-refractivity contribution in [2.24, 2.45) is 11.7 Å². The summed E-state index contributed by atoms with van der Waals surface area (Å²) < 4.78 is 4.82. The zero-order chi connectivity index (χ0) is 13.4. The fourth-order valence-electron chi connectivity index (χ4n) is 1.38. The number of methoxy groups -OCH3 is 1. The van der Waals surface area contributed by atoms with Crippen molar-refractivity contribution in [3.8, 4) is 0 Å². The summed E-state index contributed by atoms with van der Waals surface area (Å²) in [6, 6.07) is -0.968. The second-order valence-corrected chi connectivity index (χ2v) is 4.30. The van der Waals surface area contributed by atoms with E-state index in [1.54, 1.807) is 14.0 Å². The molecule has 0 rings (SSSR count). The Morgan fingerprint density at radius 1 is 1.29 bits per heavy atom. The Kier molecular flexibility index (Phi) is 7.49. The first-order valence-corrected chi connectivity index (χ1v) is 5.72. The predicted molar refractivity (Wildman–Crippen MR) is 65.3 cm³/mol. The predicted octanol–water partition coefficient (Wildman–Crippen LogP) is -0.763. The first kappa shape index (κ1) is 15.9. The zero-order valence-electron chi connectivity index (χ0n) is 10.9. The lowest BCUT2D eigenvalue weighted by atomic mass is 10.0. The molecule has 0 saturated carbocycles. The van der Waals surface area contributed by atoms with Crippen LogP contribution in [0.15, 0.2) is 0 Å². The lowest BCUT2D eigenvalue weighted by Crippen LogP contribution is -2.53. The normalized spacial score (nSPS) is 14.4. The molecule has 2 unspecified atom stereocenters. The van der Waals surface area contributed by atoms with Gasteiger partial charge in [0.15, 0.2) is 0 Å². The van der Waals surface area contributed by atoms with Gasteiger partial charge in [-0.05, 0) is 12.8 Å². The van der Waals surface area contributed by atoms with Gasteiger partial charge < -0.3 is 15.8 Å². The Balaban J connectivity index is 4.16. The summed E-state index contributed by atoms with van der Waals surface area (Å²) in [7, 11) is 1.57. The van der Waals surface area contributed by atoms with Gasteiger partial charge in [0.05, 0.1) is 18.7 Å². The monoisotopic (exact) mass is 245 g/mol. The molecule has 2 atom stereocenters. The summed E-state index contributed by atoms with van der Waals surface area (Å²) in [4.78, 5) is 22.8. The molecule has 0 aromatic rings. The van der Waals surface area contributed by atoms with Gasteiger partial charge in [0, 0.05) is 13.7 Å². The molecule has 0 aliphatic heterocycles. The highest BCUT2D eigenvalue weighted by atomic mass is 16.5. The highest BCUT2D eigenvalue weighted by molar-refractivity contribution is 5.84. The van der Waals surface area contributed by atoms with Crippen LogP contribution in [-0.4, -0.2) is 44.2 Å². The maximum Gasteiger partial charge on any atom is 0.236 e. The van der Waals surface area contributed by atoms with Crippen LogP contribution in [0.1, 0.15) is 20.8 Å². The van der Waals surface area contributed by atoms with Crippen molar-refractivity contribution >= 4 is 11.8 Å². The Morgan fingerprint density at radius 2 is 1.88 bits per heavy atom. The van der Waals surface area contributed by atoms with E-state index < -0.39 is 18.0 Å². The largest absolute Gasteiger partial charge is 0.383 e. The molecule has 4 N–H and O–H groups in total. The van der Waals surface area contributed by atoms with Crippen LogP contribution < -0.4 is 16.4 Å². The topological polar surface area (TPSA) is 93.4 Å². The molecule has 0 aromatic heterocycles. The number of amides is 2. The second kappa shape index (κ2) is 8.03. The summed E-state index contributed by atoms with van der Waals surface area (Å²) in [5.41, 5.74) is 5.25. The summed E-state index contributed by atoms with van der Waals surface area (Å²) in [6.07, 6.45) is 0. The van der Waals surface area contributed by atoms with E-state index in [-0.39, 0.29) is 11.8 Å². The fraction of sp³-hybridized carbons (Fsp3) is 0.818. The molecule has 0 aromatic carbocycles. The van der Waals surface area contributed by atoms with Crippen LogP contribution in [0.3, 0.4) is 0 Å². The van der Waals surface area contributed by atoms with Crippen molar-refractivity contribution in [1.29, 1.82) is 0 Å². The third kappa shape index (κ3) is 6.23. The standard InChI is InChI=1S/C11H23N3O3/c1-7(2)9(10(12)15)14-8(3)11(16)13-5-6-17-4/h7-9,14H,5-6H2,1-4H3,(H2,12,15)(H,13,16). The van der Waals surface area contributed by atoms with Gasteiger partial charge in [-0.3, -0.25) is 14.9 Å². The zero-order valence-corrected chi connectivity index (χ0v) is 10.9. The quantitative estimate of drug-likeness (QED) is 0.490. The third-order valence-corrected chi connectivity index (χ3v) is 2.40. The third-order valence-electron chi connectivity index (χ3n) is 2.40. The summed E-state index contributed by atoms with van der Waals surface area (Å²) >= 11 is 0. The van der Waals surface area contributed by atoms with E-state index in [1.807, 2.05) is 13.8 Å². The van der Waals surface area contributed by atoms with E-state index in [0.29, 0.717) is 13.2 Å². The molecule has 6 nitrogen and oxygen atoms in total. The Bertz CT molecular complexity index is 256. The molecule has 0 spiro atoms. The van der Waals surface area contributed by atoms with Crippen LogP contribution in [0.5, 0.6) is 0 Å². The van der Waals surface area contributed by atoms with Crippen molar-refractivity contribution in [1.82, 2.24) is 10.6 Å². The van der Waals surface area contributed by atoms with Crippen LogP contribution in [0.4, 0.5) is 0 Å². The number of hydrogen-bond donors (Lipinski definition) is 3. The number of nitrogens with one attached hydrogen (secondary N) is 2. The summed E-state index contributed by atoms with van der Waals surface area (Å²) in [6.45, 7) is 6.35. The number of ether oxygens (including phenoxy) is 1. The Morgan fingerprint density at radius 3 is 2.29 bits per heavy atom. The van der Waals surface area contributed by atoms with Gasteiger partial charge in [-0.15, -0.1) is 0 Å². The maximum atomic E-state index is 11.6. The summed E-state index contributed by atoms with van der Waals surface area (Å²) in [5.74, 6) is -0.577. The molecule has 0 bridgehead atoms. The Hall–Kier alpha value is -1.14. The number of nitrogens with two attached hydrogens (primary N) is 1. The highest BCUT2D eigenvalue weighted by Crippen LogP contribution is 2.02. The lowest BCUT2D eigenvalue weighted by Gasteiger charge is -2.23. The smallest absolute Gasteiger partial charge is 0.236 e. The minimum atomic E-state index is -0.502. The van der Waals surface area contributed by atoms with Crippen molar-refractivity contribution in [2.75, 3.05) is 20.3 Å². The highest BCUT2D eigenvalue weighted by Gasteiger charge is 2.23. The van der Waals surface area contributed by atoms with E-state index in [0.717, 1.165) is 0 Å². The number of hydrogen-bond acceptors (Lipinski definition) is 4. The average Bonchev–Trinajstić information content (AvgIpc) is 2.24. The maximum absolute atomic E-state index is 11.6.